The van der Waals surface area contributed by atoms with Crippen molar-refractivity contribution in [1.29, 1.82) is 0 Å². The van der Waals surface area contributed by atoms with Gasteiger partial charge in [0.2, 0.25) is 0 Å². The molecular formula is C14H19O3. The topological polar surface area (TPSA) is 49.7 Å². The Morgan fingerprint density at radius 1 is 1.29 bits per heavy atom. The van der Waals surface area contributed by atoms with Crippen LogP contribution in [0.2, 0.25) is 0 Å². The first kappa shape index (κ1) is 12.1. The summed E-state index contributed by atoms with van der Waals surface area (Å²) in [6, 6.07) is 4.01. The molecule has 1 fully saturated rings. The Balaban J connectivity index is 1.98. The van der Waals surface area contributed by atoms with Crippen LogP contribution in [-0.4, -0.2) is 16.8 Å². The van der Waals surface area contributed by atoms with E-state index in [4.69, 9.17) is 4.74 Å². The van der Waals surface area contributed by atoms with Crippen LogP contribution in [0.25, 0.3) is 0 Å². The predicted molar refractivity (Wildman–Crippen MR) is 65.4 cm³/mol. The van der Waals surface area contributed by atoms with Gasteiger partial charge in [-0.3, -0.25) is 0 Å². The molecule has 93 valence electrons. The van der Waals surface area contributed by atoms with Crippen molar-refractivity contribution >= 4 is 0 Å². The molecule has 1 aromatic carbocycles. The van der Waals surface area contributed by atoms with Crippen molar-refractivity contribution in [3.63, 3.8) is 0 Å². The van der Waals surface area contributed by atoms with Crippen LogP contribution in [0.4, 0.5) is 0 Å². The molecule has 0 amide bonds. The zero-order valence-electron chi connectivity index (χ0n) is 10.2. The van der Waals surface area contributed by atoms with E-state index < -0.39 is 0 Å². The highest BCUT2D eigenvalue weighted by Crippen LogP contribution is 2.32. The first-order valence-electron chi connectivity index (χ1n) is 6.24. The first-order chi connectivity index (χ1) is 8.16. The number of ether oxygens (including phenoxy) is 1. The Labute approximate surface area is 102 Å². The largest absolute Gasteiger partial charge is 0.507 e. The second-order valence-corrected chi connectivity index (χ2v) is 4.81. The number of hydrogen-bond acceptors (Lipinski definition) is 3. The summed E-state index contributed by atoms with van der Waals surface area (Å²) in [5.74, 6) is 1.04. The van der Waals surface area contributed by atoms with Crippen molar-refractivity contribution in [2.24, 2.45) is 5.92 Å². The number of rotatable bonds is 3. The number of phenolic OH excluding ortho intramolecular Hbond substituents is 2. The van der Waals surface area contributed by atoms with Crippen molar-refractivity contribution in [2.75, 3.05) is 6.61 Å². The molecule has 0 spiro atoms. The number of aromatic hydroxyl groups is 2. The highest BCUT2D eigenvalue weighted by Gasteiger charge is 2.15. The van der Waals surface area contributed by atoms with Crippen molar-refractivity contribution in [1.82, 2.24) is 0 Å². The SMILES string of the molecule is Cc1c(OCC2CCCCC2)[c]c(O)cc1O. The summed E-state index contributed by atoms with van der Waals surface area (Å²) >= 11 is 0. The van der Waals surface area contributed by atoms with E-state index in [0.717, 1.165) is 0 Å². The third-order valence-electron chi connectivity index (χ3n) is 3.43. The van der Waals surface area contributed by atoms with Crippen LogP contribution < -0.4 is 4.74 Å². The molecule has 17 heavy (non-hydrogen) atoms. The van der Waals surface area contributed by atoms with Gasteiger partial charge in [-0.05, 0) is 25.7 Å². The van der Waals surface area contributed by atoms with E-state index in [1.54, 1.807) is 6.92 Å². The van der Waals surface area contributed by atoms with Gasteiger partial charge in [0, 0.05) is 11.6 Å². The zero-order valence-corrected chi connectivity index (χ0v) is 10.2. The van der Waals surface area contributed by atoms with E-state index in [-0.39, 0.29) is 11.5 Å². The predicted octanol–water partition coefficient (Wildman–Crippen LogP) is 3.17. The molecule has 0 heterocycles. The van der Waals surface area contributed by atoms with Crippen LogP contribution >= 0.6 is 0 Å². The molecule has 2 rings (SSSR count). The van der Waals surface area contributed by atoms with Crippen LogP contribution in [0.15, 0.2) is 6.07 Å². The molecule has 0 saturated heterocycles. The zero-order chi connectivity index (χ0) is 12.3. The minimum atomic E-state index is -0.0771. The quantitative estimate of drug-likeness (QED) is 0.846. The monoisotopic (exact) mass is 235 g/mol. The fourth-order valence-electron chi connectivity index (χ4n) is 2.30. The normalized spacial score (nSPS) is 17.0. The third kappa shape index (κ3) is 3.05. The molecule has 1 radical (unpaired) electrons. The lowest BCUT2D eigenvalue weighted by atomic mass is 9.90. The lowest BCUT2D eigenvalue weighted by molar-refractivity contribution is 0.206. The molecule has 0 unspecified atom stereocenters. The molecule has 1 aliphatic rings. The van der Waals surface area contributed by atoms with Gasteiger partial charge in [0.1, 0.15) is 17.2 Å². The van der Waals surface area contributed by atoms with Gasteiger partial charge in [0.25, 0.3) is 0 Å². The van der Waals surface area contributed by atoms with Crippen molar-refractivity contribution in [3.8, 4) is 17.2 Å². The second-order valence-electron chi connectivity index (χ2n) is 4.81. The van der Waals surface area contributed by atoms with E-state index in [2.05, 4.69) is 6.07 Å². The van der Waals surface area contributed by atoms with E-state index in [0.29, 0.717) is 23.8 Å². The Morgan fingerprint density at radius 2 is 2.00 bits per heavy atom. The summed E-state index contributed by atoms with van der Waals surface area (Å²) in [4.78, 5) is 0. The van der Waals surface area contributed by atoms with E-state index in [1.807, 2.05) is 0 Å². The van der Waals surface area contributed by atoms with E-state index in [9.17, 15) is 10.2 Å². The first-order valence-corrected chi connectivity index (χ1v) is 6.24. The summed E-state index contributed by atoms with van der Waals surface area (Å²) in [6.07, 6.45) is 6.31. The van der Waals surface area contributed by atoms with Crippen LogP contribution in [0.3, 0.4) is 0 Å². The van der Waals surface area contributed by atoms with Crippen LogP contribution in [0, 0.1) is 18.9 Å². The van der Waals surface area contributed by atoms with Gasteiger partial charge in [-0.1, -0.05) is 19.3 Å². The van der Waals surface area contributed by atoms with Gasteiger partial charge in [0.05, 0.1) is 12.7 Å². The molecule has 1 saturated carbocycles. The summed E-state index contributed by atoms with van der Waals surface area (Å²) in [5, 5.41) is 18.9. The highest BCUT2D eigenvalue weighted by atomic mass is 16.5. The van der Waals surface area contributed by atoms with E-state index in [1.165, 1.54) is 38.2 Å². The fourth-order valence-corrected chi connectivity index (χ4v) is 2.30. The average Bonchev–Trinajstić information content (AvgIpc) is 2.33. The average molecular weight is 235 g/mol. The Hall–Kier alpha value is -1.38. The Bertz CT molecular complexity index is 381. The van der Waals surface area contributed by atoms with Crippen LogP contribution in [0.1, 0.15) is 37.7 Å². The van der Waals surface area contributed by atoms with Gasteiger partial charge >= 0.3 is 0 Å². The minimum Gasteiger partial charge on any atom is -0.507 e. The molecule has 1 aromatic rings. The molecule has 0 aromatic heterocycles. The molecule has 0 bridgehead atoms. The third-order valence-corrected chi connectivity index (χ3v) is 3.43. The molecule has 3 heteroatoms. The van der Waals surface area contributed by atoms with Gasteiger partial charge < -0.3 is 14.9 Å². The van der Waals surface area contributed by atoms with Crippen LogP contribution in [0.5, 0.6) is 17.2 Å². The summed E-state index contributed by atoms with van der Waals surface area (Å²) < 4.78 is 5.66. The van der Waals surface area contributed by atoms with Crippen molar-refractivity contribution < 1.29 is 14.9 Å². The molecule has 1 aliphatic carbocycles. The van der Waals surface area contributed by atoms with Gasteiger partial charge in [-0.15, -0.1) is 0 Å². The maximum atomic E-state index is 9.56. The maximum absolute atomic E-state index is 9.56. The molecular weight excluding hydrogens is 216 g/mol. The molecule has 0 atom stereocenters. The van der Waals surface area contributed by atoms with Gasteiger partial charge in [-0.2, -0.15) is 0 Å². The second kappa shape index (κ2) is 5.30. The van der Waals surface area contributed by atoms with Crippen molar-refractivity contribution in [3.05, 3.63) is 17.7 Å². The fraction of sp³-hybridized carbons (Fsp3) is 0.571. The highest BCUT2D eigenvalue weighted by molar-refractivity contribution is 5.47. The van der Waals surface area contributed by atoms with E-state index >= 15 is 0 Å². The minimum absolute atomic E-state index is 0.0555. The summed E-state index contributed by atoms with van der Waals surface area (Å²) in [5.41, 5.74) is 0.638. The Morgan fingerprint density at radius 3 is 2.71 bits per heavy atom. The molecule has 2 N–H and O–H groups in total. The number of hydrogen-bond donors (Lipinski definition) is 2. The number of benzene rings is 1. The lowest BCUT2D eigenvalue weighted by Gasteiger charge is -2.22. The summed E-state index contributed by atoms with van der Waals surface area (Å²) in [7, 11) is 0. The van der Waals surface area contributed by atoms with Crippen LogP contribution in [-0.2, 0) is 0 Å². The lowest BCUT2D eigenvalue weighted by Crippen LogP contribution is -2.15. The molecule has 0 aliphatic heterocycles. The summed E-state index contributed by atoms with van der Waals surface area (Å²) in [6.45, 7) is 2.42. The maximum Gasteiger partial charge on any atom is 0.137 e. The van der Waals surface area contributed by atoms with Gasteiger partial charge in [-0.25, -0.2) is 0 Å². The smallest absolute Gasteiger partial charge is 0.137 e. The standard InChI is InChI=1S/C14H19O3/c1-10-13(16)7-12(15)8-14(10)17-9-11-5-3-2-4-6-11/h7,11,15-16H,2-6,9H2,1H3. The Kier molecular flexibility index (Phi) is 3.77. The van der Waals surface area contributed by atoms with Gasteiger partial charge in [0.15, 0.2) is 0 Å². The molecule has 3 nitrogen and oxygen atoms in total. The number of phenols is 2. The van der Waals surface area contributed by atoms with Crippen molar-refractivity contribution in [2.45, 2.75) is 39.0 Å².